The van der Waals surface area contributed by atoms with Crippen molar-refractivity contribution in [3.05, 3.63) is 76.8 Å². The number of hydrogen-bond acceptors (Lipinski definition) is 6. The molecule has 0 saturated carbocycles. The lowest BCUT2D eigenvalue weighted by Crippen LogP contribution is -2.39. The van der Waals surface area contributed by atoms with Crippen LogP contribution in [-0.2, 0) is 28.9 Å². The molecule has 1 aromatic carbocycles. The molecule has 4 aromatic rings. The number of nitrogens with one attached hydrogen (secondary N) is 2. The lowest BCUT2D eigenvalue weighted by atomic mass is 10.2. The Morgan fingerprint density at radius 2 is 1.83 bits per heavy atom. The van der Waals surface area contributed by atoms with Crippen LogP contribution in [0.15, 0.2) is 55.0 Å². The number of aromatic amines is 1. The van der Waals surface area contributed by atoms with Gasteiger partial charge in [0.2, 0.25) is 0 Å². The molecule has 3 heterocycles. The zero-order valence-corrected chi connectivity index (χ0v) is 18.6. The van der Waals surface area contributed by atoms with Crippen LogP contribution in [0.25, 0.3) is 10.9 Å². The number of fused-ring (bicyclic) bond motifs is 1. The molecule has 2 amide bonds. The van der Waals surface area contributed by atoms with Crippen LogP contribution in [0.3, 0.4) is 0 Å². The molecule has 3 aromatic heterocycles. The van der Waals surface area contributed by atoms with Gasteiger partial charge in [-0.15, -0.1) is 0 Å². The fourth-order valence-electron chi connectivity index (χ4n) is 3.28. The minimum atomic E-state index is -4.55. The molecule has 0 aliphatic carbocycles. The molecule has 0 unspecified atom stereocenters. The van der Waals surface area contributed by atoms with Crippen LogP contribution in [0.1, 0.15) is 16.8 Å². The average molecular weight is 504 g/mol. The summed E-state index contributed by atoms with van der Waals surface area (Å²) in [4.78, 5) is 34.9. The lowest BCUT2D eigenvalue weighted by molar-refractivity contribution is -0.144. The summed E-state index contributed by atoms with van der Waals surface area (Å²) in [7, 11) is 0. The SMILES string of the molecule is Nc1ncc(NC(=O)C(=O)N(Cc2ccc(C(F)(F)F)cn2)Cc2ccccc2Cl)c2[nH]ncc12. The Labute approximate surface area is 201 Å². The summed E-state index contributed by atoms with van der Waals surface area (Å²) in [5.74, 6) is -1.78. The summed E-state index contributed by atoms with van der Waals surface area (Å²) >= 11 is 6.21. The number of benzene rings is 1. The van der Waals surface area contributed by atoms with Gasteiger partial charge in [-0.1, -0.05) is 29.8 Å². The molecule has 0 bridgehead atoms. The van der Waals surface area contributed by atoms with Gasteiger partial charge in [-0.25, -0.2) is 4.98 Å². The van der Waals surface area contributed by atoms with Crippen LogP contribution in [0, 0.1) is 0 Å². The number of halogens is 4. The third kappa shape index (κ3) is 5.32. The molecule has 13 heteroatoms. The Morgan fingerprint density at radius 3 is 2.51 bits per heavy atom. The third-order valence-corrected chi connectivity index (χ3v) is 5.44. The first-order valence-corrected chi connectivity index (χ1v) is 10.4. The Kier molecular flexibility index (Phi) is 6.56. The monoisotopic (exact) mass is 503 g/mol. The highest BCUT2D eigenvalue weighted by molar-refractivity contribution is 6.40. The predicted octanol–water partition coefficient (Wildman–Crippen LogP) is 3.77. The zero-order valence-electron chi connectivity index (χ0n) is 17.8. The lowest BCUT2D eigenvalue weighted by Gasteiger charge is -2.23. The van der Waals surface area contributed by atoms with E-state index in [0.29, 0.717) is 27.7 Å². The minimum Gasteiger partial charge on any atom is -0.383 e. The topological polar surface area (TPSA) is 130 Å². The van der Waals surface area contributed by atoms with E-state index >= 15 is 0 Å². The highest BCUT2D eigenvalue weighted by Gasteiger charge is 2.31. The first-order chi connectivity index (χ1) is 16.6. The molecule has 180 valence electrons. The van der Waals surface area contributed by atoms with Crippen LogP contribution in [0.4, 0.5) is 24.7 Å². The number of nitrogens with zero attached hydrogens (tertiary/aromatic N) is 4. The van der Waals surface area contributed by atoms with Crippen LogP contribution >= 0.6 is 11.6 Å². The van der Waals surface area contributed by atoms with E-state index in [0.717, 1.165) is 17.0 Å². The number of nitrogens with two attached hydrogens (primary N) is 1. The molecule has 0 atom stereocenters. The largest absolute Gasteiger partial charge is 0.417 e. The van der Waals surface area contributed by atoms with E-state index in [1.54, 1.807) is 24.3 Å². The number of hydrogen-bond donors (Lipinski definition) is 3. The molecule has 4 N–H and O–H groups in total. The molecule has 35 heavy (non-hydrogen) atoms. The Hall–Kier alpha value is -4.19. The van der Waals surface area contributed by atoms with Crippen molar-refractivity contribution in [3.63, 3.8) is 0 Å². The fourth-order valence-corrected chi connectivity index (χ4v) is 3.48. The number of anilines is 2. The molecule has 4 rings (SSSR count). The maximum atomic E-state index is 13.1. The first-order valence-electron chi connectivity index (χ1n) is 10.1. The number of aromatic nitrogens is 4. The van der Waals surface area contributed by atoms with Gasteiger partial charge in [-0.05, 0) is 23.8 Å². The number of carbonyl (C=O) groups is 2. The number of carbonyl (C=O) groups excluding carboxylic acids is 2. The first kappa shape index (κ1) is 24.0. The highest BCUT2D eigenvalue weighted by Crippen LogP contribution is 2.29. The molecule has 0 aliphatic rings. The summed E-state index contributed by atoms with van der Waals surface area (Å²) in [5, 5.41) is 9.82. The van der Waals surface area contributed by atoms with Crippen LogP contribution in [-0.4, -0.2) is 36.9 Å². The number of alkyl halides is 3. The molecular formula is C22H17ClF3N7O2. The summed E-state index contributed by atoms with van der Waals surface area (Å²) in [6.07, 6.45) is -1.18. The molecule has 9 nitrogen and oxygen atoms in total. The second-order valence-electron chi connectivity index (χ2n) is 7.46. The van der Waals surface area contributed by atoms with E-state index in [1.165, 1.54) is 12.4 Å². The Bertz CT molecular complexity index is 1390. The van der Waals surface area contributed by atoms with Gasteiger partial charge in [0.25, 0.3) is 0 Å². The van der Waals surface area contributed by atoms with Crippen LogP contribution < -0.4 is 11.1 Å². The number of rotatable bonds is 5. The minimum absolute atomic E-state index is 0.0892. The molecule has 0 saturated heterocycles. The van der Waals surface area contributed by atoms with Crippen molar-refractivity contribution in [1.29, 1.82) is 0 Å². The number of pyridine rings is 2. The van der Waals surface area contributed by atoms with Gasteiger partial charge in [0.05, 0.1) is 46.8 Å². The molecule has 0 spiro atoms. The average Bonchev–Trinajstić information content (AvgIpc) is 3.32. The predicted molar refractivity (Wildman–Crippen MR) is 122 cm³/mol. The van der Waals surface area contributed by atoms with E-state index in [-0.39, 0.29) is 30.3 Å². The Balaban J connectivity index is 1.59. The van der Waals surface area contributed by atoms with Gasteiger partial charge in [0.1, 0.15) is 5.82 Å². The van der Waals surface area contributed by atoms with Crippen molar-refractivity contribution in [1.82, 2.24) is 25.1 Å². The normalized spacial score (nSPS) is 11.4. The molecule has 0 fully saturated rings. The van der Waals surface area contributed by atoms with Crippen molar-refractivity contribution < 1.29 is 22.8 Å². The second-order valence-corrected chi connectivity index (χ2v) is 7.87. The molecular weight excluding hydrogens is 487 g/mol. The van der Waals surface area contributed by atoms with Gasteiger partial charge in [0, 0.05) is 17.8 Å². The van der Waals surface area contributed by atoms with Gasteiger partial charge in [0.15, 0.2) is 0 Å². The van der Waals surface area contributed by atoms with E-state index in [9.17, 15) is 22.8 Å². The van der Waals surface area contributed by atoms with E-state index in [4.69, 9.17) is 17.3 Å². The smallest absolute Gasteiger partial charge is 0.383 e. The van der Waals surface area contributed by atoms with Crippen molar-refractivity contribution in [2.24, 2.45) is 0 Å². The summed E-state index contributed by atoms with van der Waals surface area (Å²) in [6, 6.07) is 8.69. The maximum absolute atomic E-state index is 13.1. The summed E-state index contributed by atoms with van der Waals surface area (Å²) < 4.78 is 38.6. The maximum Gasteiger partial charge on any atom is 0.417 e. The standard InChI is InChI=1S/C22H17ClF3N7O2/c23-16-4-2-1-3-12(16)10-33(11-14-6-5-13(7-28-14)22(24,25)26)21(35)20(34)31-17-9-29-19(27)15-8-30-32-18(15)17/h1-9H,10-11H2,(H2,27,29)(H,30,32)(H,31,34). The van der Waals surface area contributed by atoms with Gasteiger partial charge >= 0.3 is 18.0 Å². The van der Waals surface area contributed by atoms with Crippen molar-refractivity contribution in [3.8, 4) is 0 Å². The van der Waals surface area contributed by atoms with Crippen LogP contribution in [0.5, 0.6) is 0 Å². The van der Waals surface area contributed by atoms with Crippen LogP contribution in [0.2, 0.25) is 5.02 Å². The van der Waals surface area contributed by atoms with Gasteiger partial charge < -0.3 is 16.0 Å². The summed E-state index contributed by atoms with van der Waals surface area (Å²) in [6.45, 7) is -0.330. The van der Waals surface area contributed by atoms with Crippen molar-refractivity contribution >= 4 is 45.8 Å². The zero-order chi connectivity index (χ0) is 25.2. The number of amides is 2. The van der Waals surface area contributed by atoms with Crippen molar-refractivity contribution in [2.75, 3.05) is 11.1 Å². The summed E-state index contributed by atoms with van der Waals surface area (Å²) in [5.41, 5.74) is 6.09. The van der Waals surface area contributed by atoms with Gasteiger partial charge in [-0.2, -0.15) is 18.3 Å². The fraction of sp³-hybridized carbons (Fsp3) is 0.136. The molecule has 0 radical (unpaired) electrons. The molecule has 0 aliphatic heterocycles. The van der Waals surface area contributed by atoms with Crippen molar-refractivity contribution in [2.45, 2.75) is 19.3 Å². The van der Waals surface area contributed by atoms with E-state index in [1.807, 2.05) is 0 Å². The third-order valence-electron chi connectivity index (χ3n) is 5.07. The number of H-pyrrole nitrogens is 1. The van der Waals surface area contributed by atoms with E-state index in [2.05, 4.69) is 25.5 Å². The number of nitrogen functional groups attached to an aromatic ring is 1. The van der Waals surface area contributed by atoms with E-state index < -0.39 is 23.6 Å². The highest BCUT2D eigenvalue weighted by atomic mass is 35.5. The Morgan fingerprint density at radius 1 is 1.06 bits per heavy atom. The van der Waals surface area contributed by atoms with Gasteiger partial charge in [-0.3, -0.25) is 19.7 Å². The second kappa shape index (κ2) is 9.58. The quantitative estimate of drug-likeness (QED) is 0.355.